The third kappa shape index (κ3) is 4.17. The number of aliphatic hydroxyl groups excluding tert-OH is 1. The fraction of sp³-hybridized carbons (Fsp3) is 0.158. The van der Waals surface area contributed by atoms with E-state index in [0.29, 0.717) is 5.69 Å². The summed E-state index contributed by atoms with van der Waals surface area (Å²) in [6.45, 7) is -0.370. The summed E-state index contributed by atoms with van der Waals surface area (Å²) in [5.74, 6) is -0.550. The van der Waals surface area contributed by atoms with Crippen LogP contribution >= 0.6 is 0 Å². The molecule has 0 bridgehead atoms. The molecule has 2 aromatic carbocycles. The number of rotatable bonds is 5. The molecule has 0 saturated carbocycles. The quantitative estimate of drug-likeness (QED) is 0.638. The Balaban J connectivity index is 1.74. The number of hydrogen-bond acceptors (Lipinski definition) is 3. The zero-order valence-corrected chi connectivity index (χ0v) is 14.0. The molecule has 3 rings (SSSR count). The minimum absolute atomic E-state index is 0.234. The number of halogens is 3. The van der Waals surface area contributed by atoms with E-state index in [-0.39, 0.29) is 17.7 Å². The maximum Gasteiger partial charge on any atom is 0.416 e. The predicted molar refractivity (Wildman–Crippen MR) is 92.8 cm³/mol. The van der Waals surface area contributed by atoms with E-state index in [2.05, 4.69) is 15.5 Å². The highest BCUT2D eigenvalue weighted by atomic mass is 19.4. The number of amides is 1. The number of alkyl halides is 3. The number of aromatic amines is 1. The van der Waals surface area contributed by atoms with E-state index < -0.39 is 23.8 Å². The van der Waals surface area contributed by atoms with Crippen LogP contribution in [-0.4, -0.2) is 27.8 Å². The molecular weight excluding hydrogens is 359 g/mol. The first kappa shape index (κ1) is 18.7. The van der Waals surface area contributed by atoms with Gasteiger partial charge in [0, 0.05) is 12.1 Å². The summed E-state index contributed by atoms with van der Waals surface area (Å²) < 4.78 is 39.2. The molecule has 3 aromatic rings. The second kappa shape index (κ2) is 7.63. The van der Waals surface area contributed by atoms with E-state index in [1.807, 2.05) is 6.07 Å². The van der Waals surface area contributed by atoms with Crippen molar-refractivity contribution in [2.45, 2.75) is 12.3 Å². The molecule has 0 spiro atoms. The Bertz CT molecular complexity index is 923. The van der Waals surface area contributed by atoms with E-state index in [9.17, 15) is 23.1 Å². The Labute approximate surface area is 152 Å². The first-order valence-corrected chi connectivity index (χ1v) is 8.09. The van der Waals surface area contributed by atoms with Crippen molar-refractivity contribution in [2.24, 2.45) is 0 Å². The van der Waals surface area contributed by atoms with Crippen LogP contribution in [0.15, 0.2) is 60.8 Å². The van der Waals surface area contributed by atoms with Crippen molar-refractivity contribution in [3.05, 3.63) is 77.5 Å². The molecule has 0 saturated heterocycles. The van der Waals surface area contributed by atoms with Gasteiger partial charge in [-0.1, -0.05) is 48.5 Å². The average molecular weight is 375 g/mol. The van der Waals surface area contributed by atoms with E-state index in [4.69, 9.17) is 0 Å². The Morgan fingerprint density at radius 3 is 2.48 bits per heavy atom. The van der Waals surface area contributed by atoms with Crippen molar-refractivity contribution in [1.82, 2.24) is 15.5 Å². The number of benzene rings is 2. The van der Waals surface area contributed by atoms with Crippen molar-refractivity contribution in [3.8, 4) is 11.3 Å². The van der Waals surface area contributed by atoms with Gasteiger partial charge < -0.3 is 10.4 Å². The standard InChI is InChI=1S/C19H16F3N3O2/c20-19(21,22)15-9-5-4-8-13(15)16(26)11-23-18(27)14-10-24-25-17(14)12-6-2-1-3-7-12/h1-10,16,26H,11H2,(H,23,27)(H,24,25). The number of carbonyl (C=O) groups is 1. The van der Waals surface area contributed by atoms with Crippen LogP contribution in [0.25, 0.3) is 11.3 Å². The van der Waals surface area contributed by atoms with Crippen LogP contribution in [0.5, 0.6) is 0 Å². The van der Waals surface area contributed by atoms with Gasteiger partial charge >= 0.3 is 6.18 Å². The molecule has 0 aliphatic rings. The minimum Gasteiger partial charge on any atom is -0.387 e. The van der Waals surface area contributed by atoms with Gasteiger partial charge in [0.25, 0.3) is 5.91 Å². The Hall–Kier alpha value is -3.13. The minimum atomic E-state index is -4.59. The van der Waals surface area contributed by atoms with Crippen LogP contribution < -0.4 is 5.32 Å². The Morgan fingerprint density at radius 1 is 1.11 bits per heavy atom. The molecule has 140 valence electrons. The fourth-order valence-electron chi connectivity index (χ4n) is 2.72. The molecule has 0 fully saturated rings. The largest absolute Gasteiger partial charge is 0.416 e. The average Bonchev–Trinajstić information content (AvgIpc) is 3.16. The van der Waals surface area contributed by atoms with Crippen molar-refractivity contribution in [3.63, 3.8) is 0 Å². The van der Waals surface area contributed by atoms with Gasteiger partial charge in [-0.05, 0) is 11.6 Å². The van der Waals surface area contributed by atoms with Gasteiger partial charge in [-0.25, -0.2) is 0 Å². The summed E-state index contributed by atoms with van der Waals surface area (Å²) in [5.41, 5.74) is 0.236. The third-order valence-electron chi connectivity index (χ3n) is 4.03. The van der Waals surface area contributed by atoms with Gasteiger partial charge in [-0.3, -0.25) is 9.89 Å². The van der Waals surface area contributed by atoms with Crippen LogP contribution in [0.2, 0.25) is 0 Å². The van der Waals surface area contributed by atoms with Gasteiger partial charge in [0.2, 0.25) is 0 Å². The van der Waals surface area contributed by atoms with Crippen LogP contribution in [0, 0.1) is 0 Å². The Morgan fingerprint density at radius 2 is 1.78 bits per heavy atom. The van der Waals surface area contributed by atoms with Crippen molar-refractivity contribution in [1.29, 1.82) is 0 Å². The van der Waals surface area contributed by atoms with E-state index in [1.54, 1.807) is 24.3 Å². The van der Waals surface area contributed by atoms with Crippen molar-refractivity contribution >= 4 is 5.91 Å². The fourth-order valence-corrected chi connectivity index (χ4v) is 2.72. The summed E-state index contributed by atoms with van der Waals surface area (Å²) in [6, 6.07) is 13.7. The molecule has 1 atom stereocenters. The lowest BCUT2D eigenvalue weighted by molar-refractivity contribution is -0.139. The molecule has 27 heavy (non-hydrogen) atoms. The molecule has 0 aliphatic carbocycles. The van der Waals surface area contributed by atoms with Crippen LogP contribution in [-0.2, 0) is 6.18 Å². The summed E-state index contributed by atoms with van der Waals surface area (Å²) >= 11 is 0. The molecule has 3 N–H and O–H groups in total. The van der Waals surface area contributed by atoms with Gasteiger partial charge in [-0.2, -0.15) is 18.3 Å². The summed E-state index contributed by atoms with van der Waals surface area (Å²) in [5, 5.41) is 19.2. The highest BCUT2D eigenvalue weighted by Crippen LogP contribution is 2.34. The van der Waals surface area contributed by atoms with Gasteiger partial charge in [0.15, 0.2) is 0 Å². The van der Waals surface area contributed by atoms with E-state index in [1.165, 1.54) is 24.4 Å². The second-order valence-corrected chi connectivity index (χ2v) is 5.84. The lowest BCUT2D eigenvalue weighted by atomic mass is 10.0. The number of carbonyl (C=O) groups excluding carboxylic acids is 1. The Kier molecular flexibility index (Phi) is 5.27. The number of nitrogens with one attached hydrogen (secondary N) is 2. The zero-order chi connectivity index (χ0) is 19.4. The molecule has 1 aromatic heterocycles. The van der Waals surface area contributed by atoms with Crippen LogP contribution in [0.3, 0.4) is 0 Å². The number of H-pyrrole nitrogens is 1. The highest BCUT2D eigenvalue weighted by molar-refractivity contribution is 5.99. The number of aliphatic hydroxyl groups is 1. The SMILES string of the molecule is O=C(NCC(O)c1ccccc1C(F)(F)F)c1cn[nH]c1-c1ccccc1. The first-order valence-electron chi connectivity index (χ1n) is 8.09. The topological polar surface area (TPSA) is 78.0 Å². The number of nitrogens with zero attached hydrogens (tertiary/aromatic N) is 1. The summed E-state index contributed by atoms with van der Waals surface area (Å²) in [7, 11) is 0. The maximum atomic E-state index is 13.1. The predicted octanol–water partition coefficient (Wildman–Crippen LogP) is 3.56. The zero-order valence-electron chi connectivity index (χ0n) is 14.0. The number of hydrogen-bond donors (Lipinski definition) is 3. The second-order valence-electron chi connectivity index (χ2n) is 5.84. The molecule has 1 amide bonds. The molecule has 8 heteroatoms. The normalized spacial score (nSPS) is 12.6. The van der Waals surface area contributed by atoms with Crippen LogP contribution in [0.4, 0.5) is 13.2 Å². The molecule has 1 unspecified atom stereocenters. The lowest BCUT2D eigenvalue weighted by Crippen LogP contribution is -2.29. The van der Waals surface area contributed by atoms with E-state index in [0.717, 1.165) is 11.6 Å². The van der Waals surface area contributed by atoms with Gasteiger partial charge in [0.1, 0.15) is 0 Å². The van der Waals surface area contributed by atoms with E-state index >= 15 is 0 Å². The number of aromatic nitrogens is 2. The molecule has 0 radical (unpaired) electrons. The van der Waals surface area contributed by atoms with Crippen LogP contribution in [0.1, 0.15) is 27.6 Å². The molecule has 0 aliphatic heterocycles. The lowest BCUT2D eigenvalue weighted by Gasteiger charge is -2.18. The van der Waals surface area contributed by atoms with Gasteiger partial charge in [-0.15, -0.1) is 0 Å². The third-order valence-corrected chi connectivity index (χ3v) is 4.03. The highest BCUT2D eigenvalue weighted by Gasteiger charge is 2.34. The monoisotopic (exact) mass is 375 g/mol. The van der Waals surface area contributed by atoms with Crippen molar-refractivity contribution < 1.29 is 23.1 Å². The maximum absolute atomic E-state index is 13.1. The summed E-state index contributed by atoms with van der Waals surface area (Å²) in [4.78, 5) is 12.4. The smallest absolute Gasteiger partial charge is 0.387 e. The van der Waals surface area contributed by atoms with Gasteiger partial charge in [0.05, 0.1) is 29.1 Å². The summed E-state index contributed by atoms with van der Waals surface area (Å²) in [6.07, 6.45) is -4.76. The molecular formula is C19H16F3N3O2. The molecule has 5 nitrogen and oxygen atoms in total. The van der Waals surface area contributed by atoms with Crippen molar-refractivity contribution in [2.75, 3.05) is 6.54 Å². The molecule has 1 heterocycles. The first-order chi connectivity index (χ1) is 12.9.